The standard InChI is InChI=1S/C15H27N3/c1-11(2)6-14(16)15-8-17-10-18(15)9-13-5-4-12(3)7-13/h8,10-14H,4-7,9,16H2,1-3H3. The minimum Gasteiger partial charge on any atom is -0.333 e. The molecular weight excluding hydrogens is 222 g/mol. The lowest BCUT2D eigenvalue weighted by Crippen LogP contribution is -2.19. The van der Waals surface area contributed by atoms with Crippen LogP contribution in [-0.4, -0.2) is 9.55 Å². The summed E-state index contributed by atoms with van der Waals surface area (Å²) in [7, 11) is 0. The highest BCUT2D eigenvalue weighted by atomic mass is 15.1. The molecular formula is C15H27N3. The van der Waals surface area contributed by atoms with E-state index in [9.17, 15) is 0 Å². The van der Waals surface area contributed by atoms with Crippen molar-refractivity contribution in [1.82, 2.24) is 9.55 Å². The molecule has 3 nitrogen and oxygen atoms in total. The van der Waals surface area contributed by atoms with Crippen LogP contribution in [0.25, 0.3) is 0 Å². The fourth-order valence-electron chi connectivity index (χ4n) is 3.19. The van der Waals surface area contributed by atoms with Crippen molar-refractivity contribution in [3.63, 3.8) is 0 Å². The second-order valence-corrected chi connectivity index (χ2v) is 6.49. The molecule has 1 aromatic rings. The number of hydrogen-bond donors (Lipinski definition) is 1. The fourth-order valence-corrected chi connectivity index (χ4v) is 3.19. The monoisotopic (exact) mass is 249 g/mol. The van der Waals surface area contributed by atoms with Crippen LogP contribution in [0.1, 0.15) is 58.2 Å². The molecule has 0 bridgehead atoms. The van der Waals surface area contributed by atoms with Gasteiger partial charge in [0.1, 0.15) is 0 Å². The summed E-state index contributed by atoms with van der Waals surface area (Å²) in [5, 5.41) is 0. The van der Waals surface area contributed by atoms with Crippen molar-refractivity contribution in [2.45, 2.75) is 59.0 Å². The SMILES string of the molecule is CC(C)CC(N)c1cncn1CC1CCC(C)C1. The molecule has 0 amide bonds. The summed E-state index contributed by atoms with van der Waals surface area (Å²) in [6.07, 6.45) is 9.04. The van der Waals surface area contributed by atoms with E-state index in [0.29, 0.717) is 5.92 Å². The van der Waals surface area contributed by atoms with Crippen LogP contribution in [0.5, 0.6) is 0 Å². The van der Waals surface area contributed by atoms with E-state index in [2.05, 4.69) is 30.3 Å². The Morgan fingerprint density at radius 1 is 1.44 bits per heavy atom. The van der Waals surface area contributed by atoms with Gasteiger partial charge in [-0.05, 0) is 37.0 Å². The third kappa shape index (κ3) is 3.35. The topological polar surface area (TPSA) is 43.8 Å². The summed E-state index contributed by atoms with van der Waals surface area (Å²) in [5.41, 5.74) is 7.49. The zero-order valence-corrected chi connectivity index (χ0v) is 12.0. The van der Waals surface area contributed by atoms with Gasteiger partial charge in [-0.15, -0.1) is 0 Å². The third-order valence-corrected chi connectivity index (χ3v) is 4.11. The molecule has 0 radical (unpaired) electrons. The predicted molar refractivity (Wildman–Crippen MR) is 75.1 cm³/mol. The molecule has 2 N–H and O–H groups in total. The average molecular weight is 249 g/mol. The molecule has 0 saturated heterocycles. The van der Waals surface area contributed by atoms with Crippen LogP contribution in [0.4, 0.5) is 0 Å². The van der Waals surface area contributed by atoms with Gasteiger partial charge >= 0.3 is 0 Å². The summed E-state index contributed by atoms with van der Waals surface area (Å²) < 4.78 is 2.29. The lowest BCUT2D eigenvalue weighted by molar-refractivity contribution is 0.415. The molecule has 1 aromatic heterocycles. The summed E-state index contributed by atoms with van der Waals surface area (Å²) >= 11 is 0. The largest absolute Gasteiger partial charge is 0.333 e. The predicted octanol–water partition coefficient (Wildman–Crippen LogP) is 3.37. The van der Waals surface area contributed by atoms with E-state index in [1.165, 1.54) is 25.0 Å². The number of nitrogens with two attached hydrogens (primary N) is 1. The zero-order chi connectivity index (χ0) is 13.1. The summed E-state index contributed by atoms with van der Waals surface area (Å²) in [6.45, 7) is 7.91. The fraction of sp³-hybridized carbons (Fsp3) is 0.800. The molecule has 2 rings (SSSR count). The van der Waals surface area contributed by atoms with Crippen molar-refractivity contribution in [1.29, 1.82) is 0 Å². The van der Waals surface area contributed by atoms with E-state index in [0.717, 1.165) is 24.8 Å². The van der Waals surface area contributed by atoms with Crippen LogP contribution in [0, 0.1) is 17.8 Å². The summed E-state index contributed by atoms with van der Waals surface area (Å²) in [6, 6.07) is 0.131. The minimum absolute atomic E-state index is 0.131. The van der Waals surface area contributed by atoms with Crippen molar-refractivity contribution in [3.05, 3.63) is 18.2 Å². The molecule has 0 spiro atoms. The second-order valence-electron chi connectivity index (χ2n) is 6.49. The van der Waals surface area contributed by atoms with Crippen LogP contribution < -0.4 is 5.73 Å². The Labute approximate surface area is 111 Å². The molecule has 18 heavy (non-hydrogen) atoms. The van der Waals surface area contributed by atoms with Gasteiger partial charge in [0, 0.05) is 18.8 Å². The van der Waals surface area contributed by atoms with Gasteiger partial charge < -0.3 is 10.3 Å². The maximum Gasteiger partial charge on any atom is 0.0948 e. The smallest absolute Gasteiger partial charge is 0.0948 e. The molecule has 3 atom stereocenters. The first-order valence-electron chi connectivity index (χ1n) is 7.31. The molecule has 0 aromatic carbocycles. The molecule has 1 saturated carbocycles. The van der Waals surface area contributed by atoms with Gasteiger partial charge in [-0.25, -0.2) is 4.98 Å². The van der Waals surface area contributed by atoms with E-state index < -0.39 is 0 Å². The lowest BCUT2D eigenvalue weighted by Gasteiger charge is -2.18. The van der Waals surface area contributed by atoms with Crippen molar-refractivity contribution in [3.8, 4) is 0 Å². The van der Waals surface area contributed by atoms with E-state index in [1.54, 1.807) is 0 Å². The number of rotatable bonds is 5. The number of hydrogen-bond acceptors (Lipinski definition) is 2. The Morgan fingerprint density at radius 2 is 2.22 bits per heavy atom. The first kappa shape index (κ1) is 13.6. The maximum absolute atomic E-state index is 6.28. The summed E-state index contributed by atoms with van der Waals surface area (Å²) in [5.74, 6) is 2.35. The first-order chi connectivity index (χ1) is 8.56. The molecule has 1 fully saturated rings. The van der Waals surface area contributed by atoms with E-state index in [4.69, 9.17) is 5.73 Å². The van der Waals surface area contributed by atoms with Gasteiger partial charge in [-0.1, -0.05) is 27.2 Å². The molecule has 1 heterocycles. The first-order valence-corrected chi connectivity index (χ1v) is 7.31. The Hall–Kier alpha value is -0.830. The summed E-state index contributed by atoms with van der Waals surface area (Å²) in [4.78, 5) is 4.29. The van der Waals surface area contributed by atoms with Crippen molar-refractivity contribution < 1.29 is 0 Å². The van der Waals surface area contributed by atoms with Crippen LogP contribution in [0.3, 0.4) is 0 Å². The number of nitrogens with zero attached hydrogens (tertiary/aromatic N) is 2. The Bertz CT molecular complexity index is 370. The zero-order valence-electron chi connectivity index (χ0n) is 12.0. The number of aromatic nitrogens is 2. The molecule has 0 aliphatic heterocycles. The van der Waals surface area contributed by atoms with Crippen molar-refractivity contribution in [2.24, 2.45) is 23.5 Å². The highest BCUT2D eigenvalue weighted by Crippen LogP contribution is 2.32. The van der Waals surface area contributed by atoms with Crippen LogP contribution in [0.15, 0.2) is 12.5 Å². The molecule has 3 heteroatoms. The highest BCUT2D eigenvalue weighted by molar-refractivity contribution is 5.05. The van der Waals surface area contributed by atoms with E-state index in [-0.39, 0.29) is 6.04 Å². The Kier molecular flexibility index (Phi) is 4.44. The van der Waals surface area contributed by atoms with Gasteiger partial charge in [0.05, 0.1) is 12.0 Å². The molecule has 102 valence electrons. The van der Waals surface area contributed by atoms with Gasteiger partial charge in [0.15, 0.2) is 0 Å². The van der Waals surface area contributed by atoms with Crippen LogP contribution in [-0.2, 0) is 6.54 Å². The van der Waals surface area contributed by atoms with E-state index in [1.807, 2.05) is 12.5 Å². The van der Waals surface area contributed by atoms with Crippen molar-refractivity contribution >= 4 is 0 Å². The van der Waals surface area contributed by atoms with Gasteiger partial charge in [-0.2, -0.15) is 0 Å². The molecule has 1 aliphatic rings. The number of imidazole rings is 1. The minimum atomic E-state index is 0.131. The van der Waals surface area contributed by atoms with Crippen LogP contribution in [0.2, 0.25) is 0 Å². The van der Waals surface area contributed by atoms with E-state index >= 15 is 0 Å². The Morgan fingerprint density at radius 3 is 2.83 bits per heavy atom. The van der Waals surface area contributed by atoms with Crippen molar-refractivity contribution in [2.75, 3.05) is 0 Å². The third-order valence-electron chi connectivity index (χ3n) is 4.11. The molecule has 1 aliphatic carbocycles. The highest BCUT2D eigenvalue weighted by Gasteiger charge is 2.23. The quantitative estimate of drug-likeness (QED) is 0.869. The average Bonchev–Trinajstić information content (AvgIpc) is 2.87. The normalized spacial score (nSPS) is 25.8. The van der Waals surface area contributed by atoms with Gasteiger partial charge in [-0.3, -0.25) is 0 Å². The lowest BCUT2D eigenvalue weighted by atomic mass is 10.0. The Balaban J connectivity index is 1.99. The second kappa shape index (κ2) is 5.87. The van der Waals surface area contributed by atoms with Gasteiger partial charge in [0.2, 0.25) is 0 Å². The van der Waals surface area contributed by atoms with Gasteiger partial charge in [0.25, 0.3) is 0 Å². The maximum atomic E-state index is 6.28. The van der Waals surface area contributed by atoms with Crippen LogP contribution >= 0.6 is 0 Å². The molecule has 3 unspecified atom stereocenters.